The highest BCUT2D eigenvalue weighted by molar-refractivity contribution is 9.10. The minimum absolute atomic E-state index is 0.264. The van der Waals surface area contributed by atoms with Crippen LogP contribution in [0.15, 0.2) is 16.6 Å². The number of anilines is 1. The summed E-state index contributed by atoms with van der Waals surface area (Å²) in [5.41, 5.74) is 7.68. The first-order chi connectivity index (χ1) is 9.65. The molecule has 106 valence electrons. The van der Waals surface area contributed by atoms with E-state index in [1.807, 2.05) is 4.57 Å². The molecule has 0 amide bonds. The second kappa shape index (κ2) is 4.43. The molecule has 1 aromatic carbocycles. The largest absolute Gasteiger partial charge is 0.369 e. The van der Waals surface area contributed by atoms with Gasteiger partial charge in [0.2, 0.25) is 5.95 Å². The van der Waals surface area contributed by atoms with Crippen LogP contribution in [0.25, 0.3) is 11.0 Å². The van der Waals surface area contributed by atoms with Gasteiger partial charge in [0, 0.05) is 18.7 Å². The van der Waals surface area contributed by atoms with Crippen molar-refractivity contribution in [1.29, 1.82) is 0 Å². The first-order valence-electron chi connectivity index (χ1n) is 7.01. The number of rotatable bonds is 1. The van der Waals surface area contributed by atoms with E-state index in [9.17, 15) is 4.39 Å². The number of hydrogen-bond acceptors (Lipinski definition) is 3. The van der Waals surface area contributed by atoms with Crippen molar-refractivity contribution in [1.82, 2.24) is 14.5 Å². The minimum Gasteiger partial charge on any atom is -0.369 e. The highest BCUT2D eigenvalue weighted by atomic mass is 79.9. The van der Waals surface area contributed by atoms with Gasteiger partial charge in [-0.1, -0.05) is 0 Å². The molecule has 20 heavy (non-hydrogen) atoms. The van der Waals surface area contributed by atoms with Crippen LogP contribution in [0.3, 0.4) is 0 Å². The Hall–Kier alpha value is -1.14. The lowest BCUT2D eigenvalue weighted by Gasteiger charge is -2.22. The van der Waals surface area contributed by atoms with E-state index < -0.39 is 0 Å². The fourth-order valence-corrected chi connectivity index (χ4v) is 4.15. The van der Waals surface area contributed by atoms with Gasteiger partial charge in [0.15, 0.2) is 0 Å². The van der Waals surface area contributed by atoms with E-state index in [2.05, 4.69) is 25.8 Å². The van der Waals surface area contributed by atoms with Crippen molar-refractivity contribution in [3.05, 3.63) is 22.4 Å². The van der Waals surface area contributed by atoms with Crippen molar-refractivity contribution < 1.29 is 4.39 Å². The van der Waals surface area contributed by atoms with E-state index in [4.69, 9.17) is 5.73 Å². The molecule has 2 aliphatic heterocycles. The van der Waals surface area contributed by atoms with E-state index in [0.29, 0.717) is 22.5 Å². The van der Waals surface area contributed by atoms with Gasteiger partial charge in [-0.25, -0.2) is 9.37 Å². The molecular weight excluding hydrogens is 323 g/mol. The Morgan fingerprint density at radius 1 is 1.25 bits per heavy atom. The molecule has 4 rings (SSSR count). The number of aromatic nitrogens is 2. The fourth-order valence-electron chi connectivity index (χ4n) is 3.81. The predicted molar refractivity (Wildman–Crippen MR) is 80.1 cm³/mol. The Morgan fingerprint density at radius 2 is 2.10 bits per heavy atom. The van der Waals surface area contributed by atoms with E-state index in [1.54, 1.807) is 12.1 Å². The zero-order valence-corrected chi connectivity index (χ0v) is 12.6. The second-order valence-electron chi connectivity index (χ2n) is 5.70. The second-order valence-corrected chi connectivity index (χ2v) is 6.55. The van der Waals surface area contributed by atoms with Crippen molar-refractivity contribution in [2.45, 2.75) is 31.3 Å². The van der Waals surface area contributed by atoms with Gasteiger partial charge in [0.25, 0.3) is 0 Å². The van der Waals surface area contributed by atoms with Gasteiger partial charge in [0.05, 0.1) is 21.5 Å². The van der Waals surface area contributed by atoms with Crippen LogP contribution in [0.4, 0.5) is 10.3 Å². The molecule has 3 heterocycles. The lowest BCUT2D eigenvalue weighted by molar-refractivity contribution is 0.293. The maximum absolute atomic E-state index is 13.9. The standard InChI is InChI=1S/C14H16BrFN4/c15-8-6-10-13(7-9(8)16)20(14(17)18-10)12-3-5-19-4-1-2-11(12)19/h6-7,11-12H,1-5H2,(H2,17,18). The third kappa shape index (κ3) is 1.71. The lowest BCUT2D eigenvalue weighted by atomic mass is 10.1. The molecule has 2 saturated heterocycles. The van der Waals surface area contributed by atoms with E-state index in [0.717, 1.165) is 24.0 Å². The van der Waals surface area contributed by atoms with Crippen molar-refractivity contribution >= 4 is 32.9 Å². The molecule has 0 bridgehead atoms. The number of nitrogens with zero attached hydrogens (tertiary/aromatic N) is 3. The highest BCUT2D eigenvalue weighted by Crippen LogP contribution is 2.39. The summed E-state index contributed by atoms with van der Waals surface area (Å²) in [5, 5.41) is 0. The Kier molecular flexibility index (Phi) is 2.79. The quantitative estimate of drug-likeness (QED) is 0.869. The molecule has 6 heteroatoms. The summed E-state index contributed by atoms with van der Waals surface area (Å²) >= 11 is 3.21. The number of imidazole rings is 1. The Bertz CT molecular complexity index is 683. The Labute approximate surface area is 124 Å². The maximum Gasteiger partial charge on any atom is 0.201 e. The zero-order valence-electron chi connectivity index (χ0n) is 11.0. The summed E-state index contributed by atoms with van der Waals surface area (Å²) in [4.78, 5) is 6.92. The van der Waals surface area contributed by atoms with Crippen molar-refractivity contribution in [2.24, 2.45) is 0 Å². The molecule has 1 aromatic heterocycles. The van der Waals surface area contributed by atoms with Gasteiger partial charge in [-0.15, -0.1) is 0 Å². The first kappa shape index (κ1) is 12.6. The Morgan fingerprint density at radius 3 is 2.95 bits per heavy atom. The topological polar surface area (TPSA) is 47.1 Å². The molecule has 2 atom stereocenters. The van der Waals surface area contributed by atoms with Crippen LogP contribution in [0.5, 0.6) is 0 Å². The molecule has 2 fully saturated rings. The summed E-state index contributed by atoms with van der Waals surface area (Å²) in [7, 11) is 0. The van der Waals surface area contributed by atoms with Crippen LogP contribution < -0.4 is 5.73 Å². The smallest absolute Gasteiger partial charge is 0.201 e. The molecule has 2 aliphatic rings. The Balaban J connectivity index is 1.87. The van der Waals surface area contributed by atoms with Gasteiger partial charge in [-0.2, -0.15) is 0 Å². The number of nitrogens with two attached hydrogens (primary N) is 1. The summed E-state index contributed by atoms with van der Waals surface area (Å²) in [6.45, 7) is 2.28. The van der Waals surface area contributed by atoms with Crippen LogP contribution >= 0.6 is 15.9 Å². The number of hydrogen-bond donors (Lipinski definition) is 1. The highest BCUT2D eigenvalue weighted by Gasteiger charge is 2.39. The molecule has 0 spiro atoms. The van der Waals surface area contributed by atoms with Crippen molar-refractivity contribution in [2.75, 3.05) is 18.8 Å². The van der Waals surface area contributed by atoms with Crippen molar-refractivity contribution in [3.8, 4) is 0 Å². The molecular formula is C14H16BrFN4. The van der Waals surface area contributed by atoms with Crippen LogP contribution in [0, 0.1) is 5.82 Å². The minimum atomic E-state index is -0.264. The SMILES string of the molecule is Nc1nc2cc(Br)c(F)cc2n1C1CCN2CCCC12. The molecule has 0 saturated carbocycles. The lowest BCUT2D eigenvalue weighted by Crippen LogP contribution is -2.28. The summed E-state index contributed by atoms with van der Waals surface area (Å²) in [6, 6.07) is 4.10. The van der Waals surface area contributed by atoms with Gasteiger partial charge >= 0.3 is 0 Å². The fraction of sp³-hybridized carbons (Fsp3) is 0.500. The molecule has 2 unspecified atom stereocenters. The average molecular weight is 339 g/mol. The van der Waals surface area contributed by atoms with Crippen molar-refractivity contribution in [3.63, 3.8) is 0 Å². The van der Waals surface area contributed by atoms with Gasteiger partial charge < -0.3 is 10.3 Å². The van der Waals surface area contributed by atoms with Crippen LogP contribution in [-0.2, 0) is 0 Å². The van der Waals surface area contributed by atoms with Crippen LogP contribution in [0.2, 0.25) is 0 Å². The number of nitrogen functional groups attached to an aromatic ring is 1. The van der Waals surface area contributed by atoms with Gasteiger partial charge in [0.1, 0.15) is 5.82 Å². The predicted octanol–water partition coefficient (Wildman–Crippen LogP) is 2.93. The number of benzene rings is 1. The third-order valence-corrected chi connectivity index (χ3v) is 5.27. The van der Waals surface area contributed by atoms with Gasteiger partial charge in [-0.3, -0.25) is 4.90 Å². The molecule has 2 N–H and O–H groups in total. The van der Waals surface area contributed by atoms with E-state index in [-0.39, 0.29) is 5.82 Å². The summed E-state index contributed by atoms with van der Waals surface area (Å²) in [6.07, 6.45) is 3.51. The molecule has 0 radical (unpaired) electrons. The third-order valence-electron chi connectivity index (χ3n) is 4.66. The molecule has 2 aromatic rings. The molecule has 0 aliphatic carbocycles. The first-order valence-corrected chi connectivity index (χ1v) is 7.81. The van der Waals surface area contributed by atoms with E-state index in [1.165, 1.54) is 19.4 Å². The monoisotopic (exact) mass is 338 g/mol. The normalized spacial score (nSPS) is 26.5. The number of fused-ring (bicyclic) bond motifs is 2. The summed E-state index contributed by atoms with van der Waals surface area (Å²) in [5.74, 6) is 0.233. The number of halogens is 2. The van der Waals surface area contributed by atoms with Gasteiger partial charge in [-0.05, 0) is 47.8 Å². The maximum atomic E-state index is 13.9. The molecule has 4 nitrogen and oxygen atoms in total. The van der Waals surface area contributed by atoms with Crippen LogP contribution in [0.1, 0.15) is 25.3 Å². The van der Waals surface area contributed by atoms with E-state index >= 15 is 0 Å². The summed E-state index contributed by atoms with van der Waals surface area (Å²) < 4.78 is 16.3. The zero-order chi connectivity index (χ0) is 13.9. The van der Waals surface area contributed by atoms with Crippen LogP contribution in [-0.4, -0.2) is 33.6 Å². The average Bonchev–Trinajstić information content (AvgIpc) is 3.05.